The Hall–Kier alpha value is -1.12. The van der Waals surface area contributed by atoms with Crippen molar-refractivity contribution in [2.24, 2.45) is 0 Å². The molecule has 0 bridgehead atoms. The summed E-state index contributed by atoms with van der Waals surface area (Å²) in [6.45, 7) is 2.61. The summed E-state index contributed by atoms with van der Waals surface area (Å²) in [4.78, 5) is 10.1. The average Bonchev–Trinajstić information content (AvgIpc) is 2.19. The lowest BCUT2D eigenvalue weighted by atomic mass is 10.1. The Morgan fingerprint density at radius 1 is 1.23 bits per heavy atom. The predicted molar refractivity (Wildman–Crippen MR) is 50.0 cm³/mol. The van der Waals surface area contributed by atoms with Gasteiger partial charge in [0.25, 0.3) is 0 Å². The molecule has 0 unspecified atom stereocenters. The van der Waals surface area contributed by atoms with Crippen LogP contribution in [0.2, 0.25) is 0 Å². The topological polar surface area (TPSA) is 18.5 Å². The van der Waals surface area contributed by atoms with E-state index >= 15 is 0 Å². The van der Waals surface area contributed by atoms with Gasteiger partial charge in [-0.2, -0.15) is 0 Å². The molecule has 13 heavy (non-hydrogen) atoms. The van der Waals surface area contributed by atoms with Crippen molar-refractivity contribution in [2.45, 2.75) is 13.0 Å². The van der Waals surface area contributed by atoms with Crippen LogP contribution in [0.3, 0.4) is 0 Å². The molecule has 0 amide bonds. The fourth-order valence-electron chi connectivity index (χ4n) is 1.33. The Kier molecular flexibility index (Phi) is 2.43. The van der Waals surface area contributed by atoms with Crippen LogP contribution in [-0.2, 0) is 9.78 Å². The second kappa shape index (κ2) is 3.73. The molecule has 1 atom stereocenters. The molecule has 68 valence electrons. The molecule has 1 heterocycles. The molecular weight excluding hydrogens is 164 g/mol. The molecule has 2 heteroatoms. The van der Waals surface area contributed by atoms with Gasteiger partial charge < -0.3 is 0 Å². The highest BCUT2D eigenvalue weighted by atomic mass is 17.2. The summed E-state index contributed by atoms with van der Waals surface area (Å²) >= 11 is 0. The normalized spacial score (nSPS) is 22.5. The highest BCUT2D eigenvalue weighted by Crippen LogP contribution is 2.23. The van der Waals surface area contributed by atoms with Gasteiger partial charge in [-0.05, 0) is 24.1 Å². The molecule has 2 nitrogen and oxygen atoms in total. The first-order chi connectivity index (χ1) is 6.36. The molecule has 1 aliphatic heterocycles. The third-order valence-corrected chi connectivity index (χ3v) is 2.02. The zero-order valence-corrected chi connectivity index (χ0v) is 7.57. The molecule has 0 spiro atoms. The van der Waals surface area contributed by atoms with Crippen molar-refractivity contribution < 1.29 is 9.78 Å². The highest BCUT2D eigenvalue weighted by Gasteiger charge is 2.14. The Bertz CT molecular complexity index is 303. The van der Waals surface area contributed by atoms with Crippen molar-refractivity contribution in [2.75, 3.05) is 6.61 Å². The standard InChI is InChI=1S/C11H12O2/c1-9-7-11(13-12-8-9)10-5-3-2-4-6-10/h2-7,11H,8H2,1H3/t11-/m1/s1. The fraction of sp³-hybridized carbons (Fsp3) is 0.273. The first-order valence-corrected chi connectivity index (χ1v) is 4.37. The number of rotatable bonds is 1. The van der Waals surface area contributed by atoms with E-state index < -0.39 is 0 Å². The van der Waals surface area contributed by atoms with Crippen LogP contribution in [0.25, 0.3) is 0 Å². The van der Waals surface area contributed by atoms with Gasteiger partial charge in [0.1, 0.15) is 12.7 Å². The molecule has 1 aromatic rings. The first kappa shape index (κ1) is 8.48. The largest absolute Gasteiger partial charge is 0.231 e. The van der Waals surface area contributed by atoms with Crippen LogP contribution in [0.15, 0.2) is 42.0 Å². The van der Waals surface area contributed by atoms with E-state index in [9.17, 15) is 0 Å². The van der Waals surface area contributed by atoms with Crippen LogP contribution in [0.5, 0.6) is 0 Å². The zero-order chi connectivity index (χ0) is 9.10. The van der Waals surface area contributed by atoms with Crippen LogP contribution >= 0.6 is 0 Å². The quantitative estimate of drug-likeness (QED) is 0.483. The lowest BCUT2D eigenvalue weighted by Crippen LogP contribution is -2.10. The average molecular weight is 176 g/mol. The van der Waals surface area contributed by atoms with Crippen molar-refractivity contribution in [3.63, 3.8) is 0 Å². The molecule has 1 aliphatic rings. The van der Waals surface area contributed by atoms with Crippen LogP contribution in [-0.4, -0.2) is 6.61 Å². The molecular formula is C11H12O2. The molecule has 0 aliphatic carbocycles. The molecule has 1 aromatic carbocycles. The lowest BCUT2D eigenvalue weighted by Gasteiger charge is -2.19. The summed E-state index contributed by atoms with van der Waals surface area (Å²) in [7, 11) is 0. The molecule has 0 radical (unpaired) electrons. The van der Waals surface area contributed by atoms with Gasteiger partial charge >= 0.3 is 0 Å². The lowest BCUT2D eigenvalue weighted by molar-refractivity contribution is -0.318. The molecule has 0 N–H and O–H groups in total. The summed E-state index contributed by atoms with van der Waals surface area (Å²) in [5.41, 5.74) is 2.33. The Labute approximate surface area is 77.7 Å². The molecule has 0 aromatic heterocycles. The maximum Gasteiger partial charge on any atom is 0.136 e. The van der Waals surface area contributed by atoms with E-state index in [-0.39, 0.29) is 6.10 Å². The van der Waals surface area contributed by atoms with E-state index in [2.05, 4.69) is 6.08 Å². The summed E-state index contributed by atoms with van der Waals surface area (Å²) in [5, 5.41) is 0. The van der Waals surface area contributed by atoms with Gasteiger partial charge in [0, 0.05) is 0 Å². The van der Waals surface area contributed by atoms with Crippen LogP contribution in [0.1, 0.15) is 18.6 Å². The summed E-state index contributed by atoms with van der Waals surface area (Å²) < 4.78 is 0. The smallest absolute Gasteiger partial charge is 0.136 e. The molecule has 0 saturated heterocycles. The highest BCUT2D eigenvalue weighted by molar-refractivity contribution is 5.23. The van der Waals surface area contributed by atoms with Crippen molar-refractivity contribution in [3.05, 3.63) is 47.5 Å². The molecule has 0 fully saturated rings. The van der Waals surface area contributed by atoms with Crippen molar-refractivity contribution in [3.8, 4) is 0 Å². The van der Waals surface area contributed by atoms with Gasteiger partial charge in [-0.3, -0.25) is 0 Å². The van der Waals surface area contributed by atoms with Crippen molar-refractivity contribution in [1.29, 1.82) is 0 Å². The summed E-state index contributed by atoms with van der Waals surface area (Å²) in [6, 6.07) is 10.0. The third kappa shape index (κ3) is 1.97. The van der Waals surface area contributed by atoms with E-state index in [1.165, 1.54) is 5.57 Å². The van der Waals surface area contributed by atoms with E-state index in [1.807, 2.05) is 37.3 Å². The maximum atomic E-state index is 5.16. The van der Waals surface area contributed by atoms with Gasteiger partial charge in [-0.1, -0.05) is 30.3 Å². The molecule has 2 rings (SSSR count). The number of hydrogen-bond donors (Lipinski definition) is 0. The van der Waals surface area contributed by atoms with Crippen LogP contribution < -0.4 is 0 Å². The summed E-state index contributed by atoms with van der Waals surface area (Å²) in [6.07, 6.45) is 2.04. The maximum absolute atomic E-state index is 5.16. The number of hydrogen-bond acceptors (Lipinski definition) is 2. The van der Waals surface area contributed by atoms with Gasteiger partial charge in [-0.25, -0.2) is 9.78 Å². The summed E-state index contributed by atoms with van der Waals surface area (Å²) in [5.74, 6) is 0. The Morgan fingerprint density at radius 2 is 2.00 bits per heavy atom. The van der Waals surface area contributed by atoms with Crippen molar-refractivity contribution in [1.82, 2.24) is 0 Å². The fourth-order valence-corrected chi connectivity index (χ4v) is 1.33. The minimum atomic E-state index is -0.0463. The van der Waals surface area contributed by atoms with Crippen LogP contribution in [0, 0.1) is 0 Å². The number of benzene rings is 1. The van der Waals surface area contributed by atoms with E-state index in [0.717, 1.165) is 5.56 Å². The van der Waals surface area contributed by atoms with Gasteiger partial charge in [0.15, 0.2) is 0 Å². The SMILES string of the molecule is CC1=C[C@H](c2ccccc2)OOC1. The Morgan fingerprint density at radius 3 is 2.69 bits per heavy atom. The molecule has 0 saturated carbocycles. The third-order valence-electron chi connectivity index (χ3n) is 2.02. The van der Waals surface area contributed by atoms with E-state index in [1.54, 1.807) is 0 Å². The minimum Gasteiger partial charge on any atom is -0.231 e. The first-order valence-electron chi connectivity index (χ1n) is 4.37. The minimum absolute atomic E-state index is 0.0463. The van der Waals surface area contributed by atoms with Crippen LogP contribution in [0.4, 0.5) is 0 Å². The monoisotopic (exact) mass is 176 g/mol. The van der Waals surface area contributed by atoms with Gasteiger partial charge in [0.05, 0.1) is 0 Å². The van der Waals surface area contributed by atoms with Crippen molar-refractivity contribution >= 4 is 0 Å². The van der Waals surface area contributed by atoms with E-state index in [4.69, 9.17) is 9.78 Å². The Balaban J connectivity index is 2.22. The predicted octanol–water partition coefficient (Wildman–Crippen LogP) is 2.64. The second-order valence-corrected chi connectivity index (χ2v) is 3.20. The van der Waals surface area contributed by atoms with Gasteiger partial charge in [0.2, 0.25) is 0 Å². The zero-order valence-electron chi connectivity index (χ0n) is 7.57. The second-order valence-electron chi connectivity index (χ2n) is 3.20. The van der Waals surface area contributed by atoms with Gasteiger partial charge in [-0.15, -0.1) is 0 Å². The van der Waals surface area contributed by atoms with E-state index in [0.29, 0.717) is 6.61 Å².